The number of imidazole rings is 1. The van der Waals surface area contributed by atoms with Gasteiger partial charge in [0, 0.05) is 18.6 Å². The molecule has 0 aliphatic heterocycles. The highest BCUT2D eigenvalue weighted by atomic mass is 15.1. The summed E-state index contributed by atoms with van der Waals surface area (Å²) in [6.07, 6.45) is 7.24. The third-order valence-electron chi connectivity index (χ3n) is 2.45. The van der Waals surface area contributed by atoms with Crippen LogP contribution in [0, 0.1) is 0 Å². The van der Waals surface area contributed by atoms with Gasteiger partial charge in [-0.3, -0.25) is 4.98 Å². The third kappa shape index (κ3) is 2.28. The summed E-state index contributed by atoms with van der Waals surface area (Å²) in [5.74, 6) is 0. The van der Waals surface area contributed by atoms with Gasteiger partial charge in [-0.2, -0.15) is 0 Å². The molecule has 0 aromatic carbocycles. The molecule has 2 rings (SSSR count). The molecule has 4 heteroatoms. The van der Waals surface area contributed by atoms with Gasteiger partial charge in [-0.25, -0.2) is 4.98 Å². The third-order valence-corrected chi connectivity index (χ3v) is 2.45. The van der Waals surface area contributed by atoms with Gasteiger partial charge in [-0.05, 0) is 25.5 Å². The van der Waals surface area contributed by atoms with Crippen LogP contribution in [0.3, 0.4) is 0 Å². The number of aromatic nitrogens is 3. The minimum absolute atomic E-state index is 0.376. The maximum Gasteiger partial charge on any atom is 0.0951 e. The van der Waals surface area contributed by atoms with Crippen molar-refractivity contribution in [2.45, 2.75) is 25.9 Å². The molecule has 2 aromatic heterocycles. The Bertz CT molecular complexity index is 453. The van der Waals surface area contributed by atoms with Crippen molar-refractivity contribution in [3.63, 3.8) is 0 Å². The molecule has 0 aliphatic rings. The maximum absolute atomic E-state index is 6.08. The van der Waals surface area contributed by atoms with Crippen molar-refractivity contribution in [3.8, 4) is 0 Å². The summed E-state index contributed by atoms with van der Waals surface area (Å²) in [5.41, 5.74) is 7.87. The topological polar surface area (TPSA) is 56.7 Å². The Kier molecular flexibility index (Phi) is 2.75. The lowest BCUT2D eigenvalue weighted by Gasteiger charge is -2.20. The first-order valence-corrected chi connectivity index (χ1v) is 5.26. The smallest absolute Gasteiger partial charge is 0.0951 e. The predicted molar refractivity (Wildman–Crippen MR) is 62.8 cm³/mol. The lowest BCUT2D eigenvalue weighted by Crippen LogP contribution is -2.31. The molecule has 2 heterocycles. The number of rotatable bonds is 3. The zero-order valence-electron chi connectivity index (χ0n) is 9.59. The van der Waals surface area contributed by atoms with E-state index < -0.39 is 0 Å². The molecule has 0 radical (unpaired) electrons. The highest BCUT2D eigenvalue weighted by molar-refractivity contribution is 5.15. The first-order valence-electron chi connectivity index (χ1n) is 5.26. The molecule has 0 unspecified atom stereocenters. The second-order valence-electron chi connectivity index (χ2n) is 4.49. The fraction of sp³-hybridized carbons (Fsp3) is 0.333. The van der Waals surface area contributed by atoms with Crippen LogP contribution in [0.15, 0.2) is 37.1 Å². The second kappa shape index (κ2) is 4.06. The number of pyridine rings is 1. The van der Waals surface area contributed by atoms with Gasteiger partial charge in [0.15, 0.2) is 0 Å². The van der Waals surface area contributed by atoms with Crippen molar-refractivity contribution in [1.29, 1.82) is 0 Å². The summed E-state index contributed by atoms with van der Waals surface area (Å²) in [6.45, 7) is 4.71. The predicted octanol–water partition coefficient (Wildman–Crippen LogP) is 1.52. The van der Waals surface area contributed by atoms with Crippen molar-refractivity contribution < 1.29 is 0 Å². The summed E-state index contributed by atoms with van der Waals surface area (Å²) in [7, 11) is 0. The molecule has 0 amide bonds. The van der Waals surface area contributed by atoms with E-state index in [4.69, 9.17) is 5.73 Å². The Hall–Kier alpha value is -1.68. The van der Waals surface area contributed by atoms with Crippen LogP contribution in [-0.2, 0) is 12.1 Å². The summed E-state index contributed by atoms with van der Waals surface area (Å²) >= 11 is 0. The zero-order chi connectivity index (χ0) is 11.6. The SMILES string of the molecule is CC(C)(N)c1cncn1Cc1cccnc1. The molecule has 2 N–H and O–H groups in total. The van der Waals surface area contributed by atoms with Crippen LogP contribution in [0.4, 0.5) is 0 Å². The van der Waals surface area contributed by atoms with E-state index in [0.717, 1.165) is 17.8 Å². The van der Waals surface area contributed by atoms with Crippen LogP contribution in [-0.4, -0.2) is 14.5 Å². The maximum atomic E-state index is 6.08. The number of hydrogen-bond acceptors (Lipinski definition) is 3. The van der Waals surface area contributed by atoms with Crippen molar-refractivity contribution in [2.75, 3.05) is 0 Å². The molecule has 0 atom stereocenters. The van der Waals surface area contributed by atoms with E-state index in [9.17, 15) is 0 Å². The quantitative estimate of drug-likeness (QED) is 0.846. The van der Waals surface area contributed by atoms with Crippen LogP contribution in [0.25, 0.3) is 0 Å². The molecule has 16 heavy (non-hydrogen) atoms. The molecular weight excluding hydrogens is 200 g/mol. The summed E-state index contributed by atoms with van der Waals surface area (Å²) < 4.78 is 2.05. The monoisotopic (exact) mass is 216 g/mol. The van der Waals surface area contributed by atoms with E-state index in [-0.39, 0.29) is 5.54 Å². The molecule has 2 aromatic rings. The van der Waals surface area contributed by atoms with Gasteiger partial charge in [0.05, 0.1) is 24.1 Å². The molecular formula is C12H16N4. The average Bonchev–Trinajstić information content (AvgIpc) is 2.67. The Morgan fingerprint density at radius 1 is 1.31 bits per heavy atom. The van der Waals surface area contributed by atoms with E-state index in [1.54, 1.807) is 12.5 Å². The Balaban J connectivity index is 2.26. The van der Waals surface area contributed by atoms with Gasteiger partial charge < -0.3 is 10.3 Å². The fourth-order valence-corrected chi connectivity index (χ4v) is 1.67. The second-order valence-corrected chi connectivity index (χ2v) is 4.49. The Labute approximate surface area is 95.1 Å². The van der Waals surface area contributed by atoms with Gasteiger partial charge in [-0.1, -0.05) is 6.07 Å². The zero-order valence-corrected chi connectivity index (χ0v) is 9.59. The number of hydrogen-bond donors (Lipinski definition) is 1. The summed E-state index contributed by atoms with van der Waals surface area (Å²) in [5, 5.41) is 0. The van der Waals surface area contributed by atoms with Gasteiger partial charge in [0.25, 0.3) is 0 Å². The van der Waals surface area contributed by atoms with Gasteiger partial charge in [0.2, 0.25) is 0 Å². The minimum atomic E-state index is -0.376. The van der Waals surface area contributed by atoms with Crippen LogP contribution in [0.2, 0.25) is 0 Å². The van der Waals surface area contributed by atoms with Crippen LogP contribution in [0.1, 0.15) is 25.1 Å². The van der Waals surface area contributed by atoms with E-state index in [1.807, 2.05) is 38.4 Å². The van der Waals surface area contributed by atoms with Crippen molar-refractivity contribution in [1.82, 2.24) is 14.5 Å². The molecule has 0 fully saturated rings. The van der Waals surface area contributed by atoms with E-state index in [1.165, 1.54) is 0 Å². The lowest BCUT2D eigenvalue weighted by molar-refractivity contribution is 0.503. The molecule has 0 saturated carbocycles. The molecule has 0 spiro atoms. The average molecular weight is 216 g/mol. The van der Waals surface area contributed by atoms with Gasteiger partial charge in [-0.15, -0.1) is 0 Å². The van der Waals surface area contributed by atoms with E-state index in [2.05, 4.69) is 14.5 Å². The molecule has 84 valence electrons. The normalized spacial score (nSPS) is 11.7. The highest BCUT2D eigenvalue weighted by Gasteiger charge is 2.18. The minimum Gasteiger partial charge on any atom is -0.328 e. The van der Waals surface area contributed by atoms with Crippen LogP contribution < -0.4 is 5.73 Å². The van der Waals surface area contributed by atoms with Crippen molar-refractivity contribution in [3.05, 3.63) is 48.3 Å². The summed E-state index contributed by atoms with van der Waals surface area (Å²) in [6, 6.07) is 3.97. The Morgan fingerprint density at radius 3 is 2.75 bits per heavy atom. The first-order chi connectivity index (χ1) is 7.57. The molecule has 0 bridgehead atoms. The fourth-order valence-electron chi connectivity index (χ4n) is 1.67. The largest absolute Gasteiger partial charge is 0.328 e. The van der Waals surface area contributed by atoms with Gasteiger partial charge in [0.1, 0.15) is 0 Å². The van der Waals surface area contributed by atoms with Gasteiger partial charge >= 0.3 is 0 Å². The van der Waals surface area contributed by atoms with Crippen molar-refractivity contribution in [2.24, 2.45) is 5.73 Å². The number of nitrogens with two attached hydrogens (primary N) is 1. The summed E-state index contributed by atoms with van der Waals surface area (Å²) in [4.78, 5) is 8.24. The highest BCUT2D eigenvalue weighted by Crippen LogP contribution is 2.17. The van der Waals surface area contributed by atoms with Crippen LogP contribution >= 0.6 is 0 Å². The van der Waals surface area contributed by atoms with Crippen LogP contribution in [0.5, 0.6) is 0 Å². The Morgan fingerprint density at radius 2 is 2.12 bits per heavy atom. The molecule has 0 aliphatic carbocycles. The lowest BCUT2D eigenvalue weighted by atomic mass is 10.0. The van der Waals surface area contributed by atoms with E-state index >= 15 is 0 Å². The number of nitrogens with zero attached hydrogens (tertiary/aromatic N) is 3. The first kappa shape index (κ1) is 10.8. The standard InChI is InChI=1S/C12H16N4/c1-12(2,13)11-7-15-9-16(11)8-10-4-3-5-14-6-10/h3-7,9H,8,13H2,1-2H3. The van der Waals surface area contributed by atoms with E-state index in [0.29, 0.717) is 0 Å². The molecule has 4 nitrogen and oxygen atoms in total. The molecule has 0 saturated heterocycles. The van der Waals surface area contributed by atoms with Crippen molar-refractivity contribution >= 4 is 0 Å².